The first-order chi connectivity index (χ1) is 10.1. The molecule has 0 unspecified atom stereocenters. The zero-order valence-electron chi connectivity index (χ0n) is 11.7. The van der Waals surface area contributed by atoms with Crippen LogP contribution >= 0.6 is 11.5 Å². The van der Waals surface area contributed by atoms with Crippen LogP contribution in [0.25, 0.3) is 5.69 Å². The van der Waals surface area contributed by atoms with Crippen LogP contribution < -0.4 is 5.32 Å². The number of hydrogen-bond acceptors (Lipinski definition) is 4. The van der Waals surface area contributed by atoms with E-state index >= 15 is 0 Å². The van der Waals surface area contributed by atoms with Crippen LogP contribution in [-0.2, 0) is 0 Å². The Balaban J connectivity index is 1.78. The zero-order valence-corrected chi connectivity index (χ0v) is 12.5. The molecular weight excluding hydrogens is 284 g/mol. The maximum absolute atomic E-state index is 11.9. The molecule has 0 aliphatic rings. The summed E-state index contributed by atoms with van der Waals surface area (Å²) in [5, 5.41) is 2.85. The van der Waals surface area contributed by atoms with Gasteiger partial charge in [0, 0.05) is 23.3 Å². The first kappa shape index (κ1) is 13.5. The first-order valence-electron chi connectivity index (χ1n) is 6.48. The van der Waals surface area contributed by atoms with E-state index in [1.807, 2.05) is 42.7 Å². The van der Waals surface area contributed by atoms with Gasteiger partial charge in [-0.3, -0.25) is 4.79 Å². The van der Waals surface area contributed by atoms with Crippen molar-refractivity contribution in [2.75, 3.05) is 5.32 Å². The van der Waals surface area contributed by atoms with Gasteiger partial charge in [-0.2, -0.15) is 0 Å². The number of benzene rings is 1. The Labute approximate surface area is 126 Å². The lowest BCUT2D eigenvalue weighted by Crippen LogP contribution is -2.10. The number of carbonyl (C=O) groups is 1. The maximum Gasteiger partial charge on any atom is 0.267 e. The summed E-state index contributed by atoms with van der Waals surface area (Å²) in [5.41, 5.74) is 3.89. The zero-order chi connectivity index (χ0) is 14.8. The largest absolute Gasteiger partial charge is 0.321 e. The van der Waals surface area contributed by atoms with Gasteiger partial charge in [0.2, 0.25) is 0 Å². The average molecular weight is 298 g/mol. The topological polar surface area (TPSA) is 59.8 Å². The number of aryl methyl sites for hydroxylation is 1. The molecule has 1 aromatic carbocycles. The third kappa shape index (κ3) is 2.71. The third-order valence-electron chi connectivity index (χ3n) is 3.32. The van der Waals surface area contributed by atoms with Gasteiger partial charge in [0.25, 0.3) is 5.91 Å². The molecule has 3 rings (SSSR count). The van der Waals surface area contributed by atoms with Gasteiger partial charge in [-0.05, 0) is 55.7 Å². The van der Waals surface area contributed by atoms with Crippen molar-refractivity contribution >= 4 is 23.1 Å². The summed E-state index contributed by atoms with van der Waals surface area (Å²) in [6.45, 7) is 4.01. The molecule has 21 heavy (non-hydrogen) atoms. The van der Waals surface area contributed by atoms with Crippen molar-refractivity contribution in [2.24, 2.45) is 0 Å². The number of nitrogens with zero attached hydrogens (tertiary/aromatic N) is 3. The number of imidazole rings is 1. The van der Waals surface area contributed by atoms with Crippen LogP contribution in [0.2, 0.25) is 0 Å². The molecule has 0 saturated heterocycles. The van der Waals surface area contributed by atoms with Crippen molar-refractivity contribution in [1.29, 1.82) is 0 Å². The lowest BCUT2D eigenvalue weighted by atomic mass is 10.2. The van der Waals surface area contributed by atoms with Crippen molar-refractivity contribution in [2.45, 2.75) is 13.8 Å². The minimum absolute atomic E-state index is 0.139. The molecule has 0 aliphatic heterocycles. The molecule has 1 amide bonds. The van der Waals surface area contributed by atoms with E-state index in [2.05, 4.69) is 14.7 Å². The molecule has 6 heteroatoms. The monoisotopic (exact) mass is 298 g/mol. The van der Waals surface area contributed by atoms with Crippen molar-refractivity contribution in [3.63, 3.8) is 0 Å². The second-order valence-electron chi connectivity index (χ2n) is 4.66. The molecule has 2 heterocycles. The molecule has 2 aromatic heterocycles. The molecule has 0 spiro atoms. The minimum Gasteiger partial charge on any atom is -0.321 e. The fraction of sp³-hybridized carbons (Fsp3) is 0.133. The fourth-order valence-corrected chi connectivity index (χ4v) is 2.48. The second kappa shape index (κ2) is 5.49. The quantitative estimate of drug-likeness (QED) is 0.807. The van der Waals surface area contributed by atoms with Gasteiger partial charge in [-0.1, -0.05) is 0 Å². The average Bonchev–Trinajstić information content (AvgIpc) is 3.12. The Morgan fingerprint density at radius 2 is 1.95 bits per heavy atom. The van der Waals surface area contributed by atoms with Crippen LogP contribution in [-0.4, -0.2) is 19.8 Å². The number of hydrogen-bond donors (Lipinski definition) is 1. The highest BCUT2D eigenvalue weighted by Gasteiger charge is 2.08. The summed E-state index contributed by atoms with van der Waals surface area (Å²) in [5.74, 6) is -0.139. The molecule has 1 N–H and O–H groups in total. The van der Waals surface area contributed by atoms with E-state index in [4.69, 9.17) is 0 Å². The van der Waals surface area contributed by atoms with Crippen LogP contribution in [0.1, 0.15) is 21.1 Å². The molecule has 0 fully saturated rings. The lowest BCUT2D eigenvalue weighted by molar-refractivity contribution is 0.103. The maximum atomic E-state index is 11.9. The summed E-state index contributed by atoms with van der Waals surface area (Å²) in [7, 11) is 0. The van der Waals surface area contributed by atoms with Gasteiger partial charge < -0.3 is 9.88 Å². The highest BCUT2D eigenvalue weighted by molar-refractivity contribution is 7.08. The van der Waals surface area contributed by atoms with Crippen LogP contribution in [0, 0.1) is 13.8 Å². The number of carbonyl (C=O) groups excluding carboxylic acids is 1. The molecule has 5 nitrogen and oxygen atoms in total. The number of amides is 1. The van der Waals surface area contributed by atoms with Crippen molar-refractivity contribution in [3.8, 4) is 5.69 Å². The number of rotatable bonds is 3. The predicted molar refractivity (Wildman–Crippen MR) is 83.1 cm³/mol. The number of nitrogens with one attached hydrogen (secondary N) is 1. The summed E-state index contributed by atoms with van der Waals surface area (Å²) < 4.78 is 5.94. The molecule has 0 radical (unpaired) electrons. The van der Waals surface area contributed by atoms with E-state index in [-0.39, 0.29) is 5.91 Å². The standard InChI is InChI=1S/C15H14N4OS/c1-10-11(2)19(9-16-10)13-5-3-12(4-6-13)18-15(20)14-7-8-17-21-14/h3-9H,1-2H3,(H,18,20). The van der Waals surface area contributed by atoms with Gasteiger partial charge >= 0.3 is 0 Å². The third-order valence-corrected chi connectivity index (χ3v) is 4.06. The van der Waals surface area contributed by atoms with Gasteiger partial charge in [0.15, 0.2) is 0 Å². The van der Waals surface area contributed by atoms with Crippen LogP contribution in [0.5, 0.6) is 0 Å². The molecule has 0 bridgehead atoms. The lowest BCUT2D eigenvalue weighted by Gasteiger charge is -2.08. The van der Waals surface area contributed by atoms with Crippen LogP contribution in [0.15, 0.2) is 42.9 Å². The Kier molecular flexibility index (Phi) is 3.53. The summed E-state index contributed by atoms with van der Waals surface area (Å²) in [4.78, 5) is 16.8. The van der Waals surface area contributed by atoms with Gasteiger partial charge in [0.1, 0.15) is 4.88 Å². The highest BCUT2D eigenvalue weighted by Crippen LogP contribution is 2.17. The van der Waals surface area contributed by atoms with Crippen molar-refractivity contribution in [1.82, 2.24) is 13.9 Å². The van der Waals surface area contributed by atoms with E-state index < -0.39 is 0 Å². The number of anilines is 1. The molecule has 0 atom stereocenters. The highest BCUT2D eigenvalue weighted by atomic mass is 32.1. The summed E-state index contributed by atoms with van der Waals surface area (Å²) in [6.07, 6.45) is 3.42. The van der Waals surface area contributed by atoms with E-state index in [1.165, 1.54) is 11.5 Å². The van der Waals surface area contributed by atoms with E-state index in [9.17, 15) is 4.79 Å². The SMILES string of the molecule is Cc1ncn(-c2ccc(NC(=O)c3ccns3)cc2)c1C. The van der Waals surface area contributed by atoms with Crippen molar-refractivity contribution in [3.05, 3.63) is 59.1 Å². The fourth-order valence-electron chi connectivity index (χ4n) is 1.99. The van der Waals surface area contributed by atoms with Gasteiger partial charge in [0.05, 0.1) is 12.0 Å². The normalized spacial score (nSPS) is 10.6. The molecule has 106 valence electrons. The Bertz CT molecular complexity index is 760. The van der Waals surface area contributed by atoms with E-state index in [0.717, 1.165) is 22.8 Å². The van der Waals surface area contributed by atoms with Crippen LogP contribution in [0.4, 0.5) is 5.69 Å². The Morgan fingerprint density at radius 1 is 1.19 bits per heavy atom. The first-order valence-corrected chi connectivity index (χ1v) is 7.25. The molecular formula is C15H14N4OS. The van der Waals surface area contributed by atoms with E-state index in [1.54, 1.807) is 18.6 Å². The van der Waals surface area contributed by atoms with Crippen LogP contribution in [0.3, 0.4) is 0 Å². The van der Waals surface area contributed by atoms with E-state index in [0.29, 0.717) is 4.88 Å². The second-order valence-corrected chi connectivity index (χ2v) is 5.50. The van der Waals surface area contributed by atoms with Crippen molar-refractivity contribution < 1.29 is 4.79 Å². The summed E-state index contributed by atoms with van der Waals surface area (Å²) in [6, 6.07) is 9.37. The minimum atomic E-state index is -0.139. The summed E-state index contributed by atoms with van der Waals surface area (Å²) >= 11 is 1.18. The predicted octanol–water partition coefficient (Wildman–Crippen LogP) is 3.20. The molecule has 0 aliphatic carbocycles. The smallest absolute Gasteiger partial charge is 0.267 e. The number of aromatic nitrogens is 3. The van der Waals surface area contributed by atoms with Gasteiger partial charge in [-0.25, -0.2) is 9.36 Å². The Morgan fingerprint density at radius 3 is 2.52 bits per heavy atom. The Hall–Kier alpha value is -2.47. The van der Waals surface area contributed by atoms with Gasteiger partial charge in [-0.15, -0.1) is 0 Å². The molecule has 0 saturated carbocycles. The molecule has 3 aromatic rings.